The molecule has 2 aromatic carbocycles. The maximum absolute atomic E-state index is 13.1. The number of methoxy groups -OCH3 is 1. The molecule has 1 aliphatic heterocycles. The molecule has 7 heteroatoms. The van der Waals surface area contributed by atoms with Crippen molar-refractivity contribution in [2.75, 3.05) is 26.0 Å². The third-order valence-electron chi connectivity index (χ3n) is 4.38. The zero-order chi connectivity index (χ0) is 20.1. The Morgan fingerprint density at radius 1 is 1.07 bits per heavy atom. The second-order valence-corrected chi connectivity index (χ2v) is 7.66. The largest absolute Gasteiger partial charge is 0.496 e. The predicted molar refractivity (Wildman–Crippen MR) is 111 cm³/mol. The summed E-state index contributed by atoms with van der Waals surface area (Å²) >= 11 is 7.10. The van der Waals surface area contributed by atoms with Gasteiger partial charge in [0.1, 0.15) is 5.75 Å². The summed E-state index contributed by atoms with van der Waals surface area (Å²) in [6.07, 6.45) is 0.534. The summed E-state index contributed by atoms with van der Waals surface area (Å²) in [6.45, 7) is 0.181. The van der Waals surface area contributed by atoms with E-state index in [9.17, 15) is 14.7 Å². The number of imide groups is 1. The van der Waals surface area contributed by atoms with Crippen molar-refractivity contribution in [2.45, 2.75) is 6.42 Å². The van der Waals surface area contributed by atoms with Crippen LogP contribution in [0.3, 0.4) is 0 Å². The van der Waals surface area contributed by atoms with Gasteiger partial charge in [0, 0.05) is 22.9 Å². The number of carbonyl (C=O) groups excluding carboxylic acids is 2. The Labute approximate surface area is 172 Å². The fourth-order valence-corrected chi connectivity index (χ4v) is 4.02. The Kier molecular flexibility index (Phi) is 6.78. The topological polar surface area (TPSA) is 66.8 Å². The molecule has 5 nitrogen and oxygen atoms in total. The van der Waals surface area contributed by atoms with Crippen LogP contribution in [-0.2, 0) is 16.0 Å². The van der Waals surface area contributed by atoms with Gasteiger partial charge in [0.05, 0.1) is 24.2 Å². The number of para-hydroxylation sites is 1. The number of amides is 2. The van der Waals surface area contributed by atoms with E-state index in [0.717, 1.165) is 5.56 Å². The molecule has 0 atom stereocenters. The van der Waals surface area contributed by atoms with Crippen LogP contribution >= 0.6 is 23.4 Å². The highest BCUT2D eigenvalue weighted by Gasteiger charge is 2.39. The molecule has 0 fully saturated rings. The van der Waals surface area contributed by atoms with Crippen LogP contribution in [0.25, 0.3) is 5.57 Å². The number of hydrogen-bond donors (Lipinski definition) is 1. The molecule has 1 aliphatic rings. The van der Waals surface area contributed by atoms with Gasteiger partial charge in [-0.3, -0.25) is 14.5 Å². The van der Waals surface area contributed by atoms with Crippen LogP contribution in [-0.4, -0.2) is 47.8 Å². The maximum atomic E-state index is 13.1. The molecular weight excluding hydrogens is 398 g/mol. The lowest BCUT2D eigenvalue weighted by Gasteiger charge is -2.15. The van der Waals surface area contributed by atoms with Gasteiger partial charge in [-0.2, -0.15) is 0 Å². The molecule has 0 bridgehead atoms. The SMILES string of the molecule is COc1ccccc1C1=C(SCCO)C(=O)N(CCc2ccc(Cl)cc2)C1=O. The Morgan fingerprint density at radius 2 is 1.79 bits per heavy atom. The molecule has 28 heavy (non-hydrogen) atoms. The number of ether oxygens (including phenoxy) is 1. The van der Waals surface area contributed by atoms with Gasteiger partial charge in [-0.05, 0) is 30.2 Å². The standard InChI is InChI=1S/C21H20ClNO4S/c1-27-17-5-3-2-4-16(17)18-19(28-13-12-24)21(26)23(20(18)25)11-10-14-6-8-15(22)9-7-14/h2-9,24H,10-13H2,1H3. The lowest BCUT2D eigenvalue weighted by atomic mass is 10.0. The first-order valence-corrected chi connectivity index (χ1v) is 10.1. The molecule has 2 amide bonds. The number of carbonyl (C=O) groups is 2. The van der Waals surface area contributed by atoms with E-state index in [2.05, 4.69) is 0 Å². The smallest absolute Gasteiger partial charge is 0.267 e. The number of halogens is 1. The van der Waals surface area contributed by atoms with E-state index in [1.54, 1.807) is 30.3 Å². The molecule has 1 N–H and O–H groups in total. The summed E-state index contributed by atoms with van der Waals surface area (Å²) in [7, 11) is 1.53. The number of rotatable bonds is 8. The van der Waals surface area contributed by atoms with Crippen molar-refractivity contribution in [2.24, 2.45) is 0 Å². The predicted octanol–water partition coefficient (Wildman–Crippen LogP) is 3.40. The highest BCUT2D eigenvalue weighted by Crippen LogP contribution is 2.39. The molecule has 0 saturated heterocycles. The Morgan fingerprint density at radius 3 is 2.46 bits per heavy atom. The van der Waals surface area contributed by atoms with Gasteiger partial charge in [-0.1, -0.05) is 41.9 Å². The van der Waals surface area contributed by atoms with Crippen LogP contribution in [0, 0.1) is 0 Å². The first-order valence-electron chi connectivity index (χ1n) is 8.78. The van der Waals surface area contributed by atoms with Crippen LogP contribution in [0.2, 0.25) is 5.02 Å². The van der Waals surface area contributed by atoms with E-state index in [-0.39, 0.29) is 25.0 Å². The average molecular weight is 418 g/mol. The molecule has 1 heterocycles. The first kappa shape index (κ1) is 20.5. The van der Waals surface area contributed by atoms with E-state index in [1.807, 2.05) is 18.2 Å². The summed E-state index contributed by atoms with van der Waals surface area (Å²) in [5, 5.41) is 9.83. The second kappa shape index (κ2) is 9.28. The number of aliphatic hydroxyl groups is 1. The van der Waals surface area contributed by atoms with Gasteiger partial charge in [0.15, 0.2) is 0 Å². The van der Waals surface area contributed by atoms with Crippen molar-refractivity contribution < 1.29 is 19.4 Å². The number of hydrogen-bond acceptors (Lipinski definition) is 5. The summed E-state index contributed by atoms with van der Waals surface area (Å²) < 4.78 is 5.38. The summed E-state index contributed by atoms with van der Waals surface area (Å²) in [5.41, 5.74) is 1.90. The fraction of sp³-hybridized carbons (Fsp3) is 0.238. The van der Waals surface area contributed by atoms with Crippen LogP contribution in [0.15, 0.2) is 53.4 Å². The lowest BCUT2D eigenvalue weighted by Crippen LogP contribution is -2.33. The minimum absolute atomic E-state index is 0.0837. The van der Waals surface area contributed by atoms with E-state index in [1.165, 1.54) is 23.8 Å². The summed E-state index contributed by atoms with van der Waals surface area (Å²) in [5.74, 6) is 0.181. The third kappa shape index (κ3) is 4.24. The molecule has 146 valence electrons. The van der Waals surface area contributed by atoms with E-state index in [4.69, 9.17) is 16.3 Å². The van der Waals surface area contributed by atoms with Gasteiger partial charge in [-0.15, -0.1) is 11.8 Å². The minimum atomic E-state index is -0.344. The second-order valence-electron chi connectivity index (χ2n) is 6.11. The van der Waals surface area contributed by atoms with E-state index >= 15 is 0 Å². The van der Waals surface area contributed by atoms with Gasteiger partial charge < -0.3 is 9.84 Å². The Hall–Kier alpha value is -2.28. The summed E-state index contributed by atoms with van der Waals surface area (Å²) in [4.78, 5) is 27.7. The molecule has 0 unspecified atom stereocenters. The number of aliphatic hydroxyl groups excluding tert-OH is 1. The highest BCUT2D eigenvalue weighted by molar-refractivity contribution is 8.04. The van der Waals surface area contributed by atoms with Crippen molar-refractivity contribution in [3.05, 3.63) is 69.6 Å². The van der Waals surface area contributed by atoms with E-state index in [0.29, 0.717) is 39.0 Å². The molecule has 0 aliphatic carbocycles. The number of thioether (sulfide) groups is 1. The summed E-state index contributed by atoms with van der Waals surface area (Å²) in [6, 6.07) is 14.5. The third-order valence-corrected chi connectivity index (χ3v) is 5.68. The van der Waals surface area contributed by atoms with Crippen molar-refractivity contribution >= 4 is 40.8 Å². The van der Waals surface area contributed by atoms with Crippen LogP contribution in [0.5, 0.6) is 5.75 Å². The molecule has 0 spiro atoms. The molecule has 3 rings (SSSR count). The average Bonchev–Trinajstić information content (AvgIpc) is 2.95. The Balaban J connectivity index is 1.89. The highest BCUT2D eigenvalue weighted by atomic mass is 35.5. The Bertz CT molecular complexity index is 911. The van der Waals surface area contributed by atoms with Crippen LogP contribution < -0.4 is 4.74 Å². The van der Waals surface area contributed by atoms with Crippen molar-refractivity contribution in [3.8, 4) is 5.75 Å². The van der Waals surface area contributed by atoms with Crippen molar-refractivity contribution in [1.82, 2.24) is 4.90 Å². The quantitative estimate of drug-likeness (QED) is 0.667. The number of benzene rings is 2. The lowest BCUT2D eigenvalue weighted by molar-refractivity contribution is -0.136. The van der Waals surface area contributed by atoms with Crippen LogP contribution in [0.1, 0.15) is 11.1 Å². The monoisotopic (exact) mass is 417 g/mol. The van der Waals surface area contributed by atoms with Gasteiger partial charge in [-0.25, -0.2) is 0 Å². The van der Waals surface area contributed by atoms with Crippen molar-refractivity contribution in [3.63, 3.8) is 0 Å². The molecule has 0 radical (unpaired) electrons. The zero-order valence-corrected chi connectivity index (χ0v) is 16.9. The van der Waals surface area contributed by atoms with Gasteiger partial charge in [0.25, 0.3) is 11.8 Å². The number of nitrogens with zero attached hydrogens (tertiary/aromatic N) is 1. The fourth-order valence-electron chi connectivity index (χ4n) is 3.02. The van der Waals surface area contributed by atoms with Crippen molar-refractivity contribution in [1.29, 1.82) is 0 Å². The van der Waals surface area contributed by atoms with E-state index < -0.39 is 0 Å². The van der Waals surface area contributed by atoms with Gasteiger partial charge >= 0.3 is 0 Å². The normalized spacial score (nSPS) is 14.2. The van der Waals surface area contributed by atoms with Gasteiger partial charge in [0.2, 0.25) is 0 Å². The molecule has 2 aromatic rings. The molecular formula is C21H20ClNO4S. The zero-order valence-electron chi connectivity index (χ0n) is 15.4. The minimum Gasteiger partial charge on any atom is -0.496 e. The molecule has 0 aromatic heterocycles. The maximum Gasteiger partial charge on any atom is 0.267 e. The molecule has 0 saturated carbocycles. The first-order chi connectivity index (χ1) is 13.6. The van der Waals surface area contributed by atoms with Crippen LogP contribution in [0.4, 0.5) is 0 Å².